The standard InChI is InChI=1S/C15H15NO4/c1-20-15-5-2-10(9-16-15)12(6-7-17)13-4-3-11(18)8-14(13)19/h2-5,7-9,12,18-19H,6H2,1H3. The van der Waals surface area contributed by atoms with E-state index in [4.69, 9.17) is 4.74 Å². The van der Waals surface area contributed by atoms with Crippen molar-refractivity contribution in [1.82, 2.24) is 4.98 Å². The molecule has 2 rings (SSSR count). The van der Waals surface area contributed by atoms with Crippen molar-refractivity contribution in [3.63, 3.8) is 0 Å². The SMILES string of the molecule is COc1ccc(C(CC=O)c2ccc(O)cc2O)cn1. The molecule has 0 bridgehead atoms. The van der Waals surface area contributed by atoms with Crippen LogP contribution in [0.4, 0.5) is 0 Å². The predicted molar refractivity (Wildman–Crippen MR) is 73.1 cm³/mol. The van der Waals surface area contributed by atoms with Gasteiger partial charge in [-0.2, -0.15) is 0 Å². The second-order valence-electron chi connectivity index (χ2n) is 4.33. The fourth-order valence-electron chi connectivity index (χ4n) is 2.08. The summed E-state index contributed by atoms with van der Waals surface area (Å²) in [5.74, 6) is 0.0941. The van der Waals surface area contributed by atoms with Crippen molar-refractivity contribution >= 4 is 6.29 Å². The maximum absolute atomic E-state index is 10.9. The molecule has 1 aromatic heterocycles. The molecule has 0 fully saturated rings. The van der Waals surface area contributed by atoms with Gasteiger partial charge in [0.1, 0.15) is 17.8 Å². The molecule has 1 aromatic carbocycles. The summed E-state index contributed by atoms with van der Waals surface area (Å²) in [7, 11) is 1.52. The number of phenolic OH excluding ortho intramolecular Hbond substituents is 2. The molecule has 5 nitrogen and oxygen atoms in total. The minimum atomic E-state index is -0.313. The summed E-state index contributed by atoms with van der Waals surface area (Å²) >= 11 is 0. The highest BCUT2D eigenvalue weighted by Gasteiger charge is 2.18. The summed E-state index contributed by atoms with van der Waals surface area (Å²) in [6.07, 6.45) is 2.62. The maximum atomic E-state index is 10.9. The van der Waals surface area contributed by atoms with E-state index in [1.54, 1.807) is 24.4 Å². The molecule has 1 heterocycles. The zero-order chi connectivity index (χ0) is 14.5. The molecular weight excluding hydrogens is 258 g/mol. The lowest BCUT2D eigenvalue weighted by Gasteiger charge is -2.16. The molecule has 0 aliphatic heterocycles. The molecule has 1 atom stereocenters. The van der Waals surface area contributed by atoms with Crippen LogP contribution in [-0.4, -0.2) is 28.6 Å². The molecule has 20 heavy (non-hydrogen) atoms. The fourth-order valence-corrected chi connectivity index (χ4v) is 2.08. The Kier molecular flexibility index (Phi) is 4.20. The summed E-state index contributed by atoms with van der Waals surface area (Å²) in [5.41, 5.74) is 1.36. The number of phenols is 2. The number of aromatic hydroxyl groups is 2. The Morgan fingerprint density at radius 1 is 1.30 bits per heavy atom. The van der Waals surface area contributed by atoms with Gasteiger partial charge in [-0.25, -0.2) is 4.98 Å². The molecular formula is C15H15NO4. The Balaban J connectivity index is 2.41. The number of hydrogen-bond acceptors (Lipinski definition) is 5. The van der Waals surface area contributed by atoms with Gasteiger partial charge in [-0.05, 0) is 11.6 Å². The second kappa shape index (κ2) is 6.06. The monoisotopic (exact) mass is 273 g/mol. The normalized spacial score (nSPS) is 11.8. The summed E-state index contributed by atoms with van der Waals surface area (Å²) in [5, 5.41) is 19.3. The Bertz CT molecular complexity index is 595. The lowest BCUT2D eigenvalue weighted by atomic mass is 9.89. The van der Waals surface area contributed by atoms with Gasteiger partial charge in [0, 0.05) is 36.2 Å². The molecule has 1 unspecified atom stereocenters. The van der Waals surface area contributed by atoms with E-state index in [-0.39, 0.29) is 23.8 Å². The summed E-state index contributed by atoms with van der Waals surface area (Å²) in [6, 6.07) is 7.83. The quantitative estimate of drug-likeness (QED) is 0.816. The number of hydrogen-bond donors (Lipinski definition) is 2. The number of carbonyl (C=O) groups excluding carboxylic acids is 1. The van der Waals surface area contributed by atoms with Gasteiger partial charge in [-0.15, -0.1) is 0 Å². The highest BCUT2D eigenvalue weighted by atomic mass is 16.5. The van der Waals surface area contributed by atoms with Crippen molar-refractivity contribution in [2.45, 2.75) is 12.3 Å². The number of aromatic nitrogens is 1. The van der Waals surface area contributed by atoms with Crippen molar-refractivity contribution in [1.29, 1.82) is 0 Å². The number of nitrogens with zero attached hydrogens (tertiary/aromatic N) is 1. The molecule has 0 spiro atoms. The number of methoxy groups -OCH3 is 1. The number of aldehydes is 1. The number of pyridine rings is 1. The first-order valence-electron chi connectivity index (χ1n) is 6.11. The van der Waals surface area contributed by atoms with Crippen LogP contribution >= 0.6 is 0 Å². The Morgan fingerprint density at radius 3 is 2.65 bits per heavy atom. The van der Waals surface area contributed by atoms with E-state index in [0.717, 1.165) is 11.8 Å². The van der Waals surface area contributed by atoms with Crippen LogP contribution in [0.2, 0.25) is 0 Å². The minimum absolute atomic E-state index is 0.0241. The molecule has 0 radical (unpaired) electrons. The third-order valence-electron chi connectivity index (χ3n) is 3.09. The van der Waals surface area contributed by atoms with E-state index >= 15 is 0 Å². The van der Waals surface area contributed by atoms with Crippen LogP contribution < -0.4 is 4.74 Å². The largest absolute Gasteiger partial charge is 0.508 e. The van der Waals surface area contributed by atoms with Gasteiger partial charge in [0.25, 0.3) is 0 Å². The number of ether oxygens (including phenoxy) is 1. The first kappa shape index (κ1) is 13.9. The van der Waals surface area contributed by atoms with Crippen molar-refractivity contribution in [2.75, 3.05) is 7.11 Å². The van der Waals surface area contributed by atoms with Crippen molar-refractivity contribution < 1.29 is 19.7 Å². The highest BCUT2D eigenvalue weighted by Crippen LogP contribution is 2.35. The van der Waals surface area contributed by atoms with Crippen LogP contribution in [0.15, 0.2) is 36.5 Å². The zero-order valence-corrected chi connectivity index (χ0v) is 11.0. The van der Waals surface area contributed by atoms with Crippen molar-refractivity contribution in [3.8, 4) is 17.4 Å². The van der Waals surface area contributed by atoms with Crippen LogP contribution in [0.3, 0.4) is 0 Å². The topological polar surface area (TPSA) is 79.7 Å². The molecule has 2 N–H and O–H groups in total. The van der Waals surface area contributed by atoms with E-state index in [2.05, 4.69) is 4.98 Å². The van der Waals surface area contributed by atoms with Crippen LogP contribution in [0, 0.1) is 0 Å². The van der Waals surface area contributed by atoms with Gasteiger partial charge in [-0.1, -0.05) is 12.1 Å². The van der Waals surface area contributed by atoms with E-state index < -0.39 is 0 Å². The molecule has 0 aliphatic carbocycles. The molecule has 0 saturated carbocycles. The van der Waals surface area contributed by atoms with Crippen LogP contribution in [0.25, 0.3) is 0 Å². The number of benzene rings is 1. The average molecular weight is 273 g/mol. The maximum Gasteiger partial charge on any atom is 0.212 e. The average Bonchev–Trinajstić information content (AvgIpc) is 2.46. The lowest BCUT2D eigenvalue weighted by Crippen LogP contribution is -2.03. The molecule has 0 saturated heterocycles. The van der Waals surface area contributed by atoms with E-state index in [1.807, 2.05) is 0 Å². The third kappa shape index (κ3) is 2.88. The third-order valence-corrected chi connectivity index (χ3v) is 3.09. The number of rotatable bonds is 5. The van der Waals surface area contributed by atoms with Gasteiger partial charge >= 0.3 is 0 Å². The van der Waals surface area contributed by atoms with E-state index in [9.17, 15) is 15.0 Å². The predicted octanol–water partition coefficient (Wildman–Crippen LogP) is 2.22. The summed E-state index contributed by atoms with van der Waals surface area (Å²) in [4.78, 5) is 15.0. The summed E-state index contributed by atoms with van der Waals surface area (Å²) < 4.78 is 4.99. The molecule has 2 aromatic rings. The zero-order valence-electron chi connectivity index (χ0n) is 11.0. The first-order valence-corrected chi connectivity index (χ1v) is 6.11. The number of carbonyl (C=O) groups is 1. The van der Waals surface area contributed by atoms with Gasteiger partial charge in [-0.3, -0.25) is 0 Å². The molecule has 5 heteroatoms. The van der Waals surface area contributed by atoms with Crippen molar-refractivity contribution in [2.24, 2.45) is 0 Å². The smallest absolute Gasteiger partial charge is 0.212 e. The highest BCUT2D eigenvalue weighted by molar-refractivity contribution is 5.56. The van der Waals surface area contributed by atoms with Gasteiger partial charge in [0.2, 0.25) is 5.88 Å². The van der Waals surface area contributed by atoms with Gasteiger partial charge in [0.15, 0.2) is 0 Å². The van der Waals surface area contributed by atoms with Crippen LogP contribution in [-0.2, 0) is 4.79 Å². The Morgan fingerprint density at radius 2 is 2.10 bits per heavy atom. The van der Waals surface area contributed by atoms with E-state index in [1.165, 1.54) is 19.2 Å². The second-order valence-corrected chi connectivity index (χ2v) is 4.33. The van der Waals surface area contributed by atoms with Crippen LogP contribution in [0.1, 0.15) is 23.5 Å². The molecule has 0 amide bonds. The van der Waals surface area contributed by atoms with E-state index in [0.29, 0.717) is 11.4 Å². The Labute approximate surface area is 116 Å². The summed E-state index contributed by atoms with van der Waals surface area (Å²) in [6.45, 7) is 0. The lowest BCUT2D eigenvalue weighted by molar-refractivity contribution is -0.108. The minimum Gasteiger partial charge on any atom is -0.508 e. The van der Waals surface area contributed by atoms with Gasteiger partial charge in [0.05, 0.1) is 7.11 Å². The van der Waals surface area contributed by atoms with Crippen LogP contribution in [0.5, 0.6) is 17.4 Å². The molecule has 104 valence electrons. The van der Waals surface area contributed by atoms with Crippen molar-refractivity contribution in [3.05, 3.63) is 47.7 Å². The van der Waals surface area contributed by atoms with Gasteiger partial charge < -0.3 is 19.7 Å². The first-order chi connectivity index (χ1) is 9.65. The Hall–Kier alpha value is -2.56. The molecule has 0 aliphatic rings. The fraction of sp³-hybridized carbons (Fsp3) is 0.200.